The number of halogens is 2. The number of fused-ring (bicyclic) bond motifs is 1. The van der Waals surface area contributed by atoms with Gasteiger partial charge in [0.15, 0.2) is 0 Å². The molecule has 1 aliphatic rings. The molecule has 4 heteroatoms. The third-order valence-electron chi connectivity index (χ3n) is 4.01. The lowest BCUT2D eigenvalue weighted by Crippen LogP contribution is -2.35. The molecule has 2 rings (SSSR count). The second-order valence-corrected chi connectivity index (χ2v) is 5.62. The van der Waals surface area contributed by atoms with Crippen LogP contribution in [0, 0.1) is 0 Å². The fourth-order valence-electron chi connectivity index (χ4n) is 2.90. The lowest BCUT2D eigenvalue weighted by atomic mass is 9.87. The van der Waals surface area contributed by atoms with Crippen LogP contribution in [0.15, 0.2) is 18.2 Å². The van der Waals surface area contributed by atoms with Gasteiger partial charge < -0.3 is 10.6 Å². The SMILES string of the molecule is CCCCNc1cccc2c1CCC(NCCC)C2.Cl.Cl. The van der Waals surface area contributed by atoms with Gasteiger partial charge in [0.25, 0.3) is 0 Å². The molecular formula is C17H30Cl2N2. The second-order valence-electron chi connectivity index (χ2n) is 5.62. The fourth-order valence-corrected chi connectivity index (χ4v) is 2.90. The molecule has 1 aliphatic carbocycles. The Balaban J connectivity index is 0.00000200. The van der Waals surface area contributed by atoms with E-state index in [1.165, 1.54) is 44.2 Å². The summed E-state index contributed by atoms with van der Waals surface area (Å²) in [5, 5.41) is 7.27. The molecule has 21 heavy (non-hydrogen) atoms. The van der Waals surface area contributed by atoms with Crippen molar-refractivity contribution in [2.45, 2.75) is 58.4 Å². The molecule has 0 radical (unpaired) electrons. The third kappa shape index (κ3) is 6.06. The smallest absolute Gasteiger partial charge is 0.0375 e. The number of rotatable bonds is 7. The van der Waals surface area contributed by atoms with Gasteiger partial charge in [-0.3, -0.25) is 0 Å². The fraction of sp³-hybridized carbons (Fsp3) is 0.647. The van der Waals surface area contributed by atoms with Gasteiger partial charge in [0, 0.05) is 18.3 Å². The minimum Gasteiger partial charge on any atom is -0.385 e. The van der Waals surface area contributed by atoms with E-state index in [0.29, 0.717) is 6.04 Å². The van der Waals surface area contributed by atoms with Gasteiger partial charge in [0.1, 0.15) is 0 Å². The first-order chi connectivity index (χ1) is 9.35. The molecule has 0 saturated carbocycles. The van der Waals surface area contributed by atoms with E-state index in [4.69, 9.17) is 0 Å². The number of nitrogens with one attached hydrogen (secondary N) is 2. The van der Waals surface area contributed by atoms with E-state index >= 15 is 0 Å². The standard InChI is InChI=1S/C17H28N2.2ClH/c1-3-5-12-19-17-8-6-7-14-13-15(18-11-4-2)9-10-16(14)17;;/h6-8,15,18-19H,3-5,9-13H2,1-2H3;2*1H. The largest absolute Gasteiger partial charge is 0.385 e. The second kappa shape index (κ2) is 11.2. The zero-order chi connectivity index (χ0) is 13.5. The highest BCUT2D eigenvalue weighted by atomic mass is 35.5. The summed E-state index contributed by atoms with van der Waals surface area (Å²) in [5.41, 5.74) is 4.48. The third-order valence-corrected chi connectivity index (χ3v) is 4.01. The average Bonchev–Trinajstić information content (AvgIpc) is 2.45. The normalized spacial score (nSPS) is 16.4. The van der Waals surface area contributed by atoms with Gasteiger partial charge >= 0.3 is 0 Å². The molecule has 2 nitrogen and oxygen atoms in total. The van der Waals surface area contributed by atoms with Gasteiger partial charge in [-0.05, 0) is 55.8 Å². The van der Waals surface area contributed by atoms with Crippen molar-refractivity contribution in [3.05, 3.63) is 29.3 Å². The summed E-state index contributed by atoms with van der Waals surface area (Å²) < 4.78 is 0. The van der Waals surface area contributed by atoms with Crippen molar-refractivity contribution >= 4 is 30.5 Å². The molecule has 2 N–H and O–H groups in total. The summed E-state index contributed by atoms with van der Waals surface area (Å²) in [6, 6.07) is 7.43. The molecule has 0 saturated heterocycles. The zero-order valence-corrected chi connectivity index (χ0v) is 14.9. The summed E-state index contributed by atoms with van der Waals surface area (Å²) in [4.78, 5) is 0. The predicted molar refractivity (Wildman–Crippen MR) is 98.4 cm³/mol. The van der Waals surface area contributed by atoms with Crippen LogP contribution in [0.25, 0.3) is 0 Å². The molecule has 122 valence electrons. The van der Waals surface area contributed by atoms with Crippen LogP contribution in [0.1, 0.15) is 50.7 Å². The first-order valence-corrected chi connectivity index (χ1v) is 7.93. The lowest BCUT2D eigenvalue weighted by Gasteiger charge is -2.27. The number of hydrogen-bond acceptors (Lipinski definition) is 2. The molecule has 1 atom stereocenters. The number of unbranched alkanes of at least 4 members (excludes halogenated alkanes) is 1. The van der Waals surface area contributed by atoms with Gasteiger partial charge in [0.2, 0.25) is 0 Å². The molecule has 0 fully saturated rings. The number of hydrogen-bond donors (Lipinski definition) is 2. The zero-order valence-electron chi connectivity index (χ0n) is 13.3. The predicted octanol–water partition coefficient (Wildman–Crippen LogP) is 4.60. The molecule has 1 aromatic rings. The van der Waals surface area contributed by atoms with Gasteiger partial charge in [-0.15, -0.1) is 24.8 Å². The van der Waals surface area contributed by atoms with Crippen molar-refractivity contribution in [1.29, 1.82) is 0 Å². The maximum Gasteiger partial charge on any atom is 0.0375 e. The van der Waals surface area contributed by atoms with Crippen LogP contribution in [-0.4, -0.2) is 19.1 Å². The molecular weight excluding hydrogens is 303 g/mol. The maximum absolute atomic E-state index is 3.66. The van der Waals surface area contributed by atoms with E-state index in [0.717, 1.165) is 13.1 Å². The van der Waals surface area contributed by atoms with Crippen LogP contribution in [0.3, 0.4) is 0 Å². The molecule has 0 bridgehead atoms. The summed E-state index contributed by atoms with van der Waals surface area (Å²) in [7, 11) is 0. The Morgan fingerprint density at radius 1 is 1.10 bits per heavy atom. The molecule has 1 aromatic carbocycles. The highest BCUT2D eigenvalue weighted by Gasteiger charge is 2.19. The van der Waals surface area contributed by atoms with Crippen LogP contribution in [0.5, 0.6) is 0 Å². The number of benzene rings is 1. The van der Waals surface area contributed by atoms with E-state index in [9.17, 15) is 0 Å². The maximum atomic E-state index is 3.66. The van der Waals surface area contributed by atoms with Crippen LogP contribution in [0.4, 0.5) is 5.69 Å². The first-order valence-electron chi connectivity index (χ1n) is 7.93. The van der Waals surface area contributed by atoms with E-state index in [1.807, 2.05) is 0 Å². The average molecular weight is 333 g/mol. The van der Waals surface area contributed by atoms with Gasteiger partial charge in [-0.25, -0.2) is 0 Å². The summed E-state index contributed by atoms with van der Waals surface area (Å²) >= 11 is 0. The van der Waals surface area contributed by atoms with Gasteiger partial charge in [-0.2, -0.15) is 0 Å². The highest BCUT2D eigenvalue weighted by Crippen LogP contribution is 2.28. The Kier molecular flexibility index (Phi) is 10.9. The van der Waals surface area contributed by atoms with Crippen molar-refractivity contribution < 1.29 is 0 Å². The van der Waals surface area contributed by atoms with Crippen LogP contribution in [-0.2, 0) is 12.8 Å². The molecule has 1 unspecified atom stereocenters. The van der Waals surface area contributed by atoms with Crippen LogP contribution >= 0.6 is 24.8 Å². The van der Waals surface area contributed by atoms with Crippen molar-refractivity contribution in [1.82, 2.24) is 5.32 Å². The molecule has 0 aromatic heterocycles. The van der Waals surface area contributed by atoms with Crippen LogP contribution in [0.2, 0.25) is 0 Å². The Labute approximate surface area is 142 Å². The Morgan fingerprint density at radius 2 is 1.90 bits per heavy atom. The summed E-state index contributed by atoms with van der Waals surface area (Å²) in [6.45, 7) is 6.73. The van der Waals surface area contributed by atoms with Gasteiger partial charge in [-0.1, -0.05) is 32.4 Å². The monoisotopic (exact) mass is 332 g/mol. The Hall–Kier alpha value is -0.440. The van der Waals surface area contributed by atoms with Crippen molar-refractivity contribution in [3.63, 3.8) is 0 Å². The molecule has 0 amide bonds. The van der Waals surface area contributed by atoms with E-state index in [-0.39, 0.29) is 24.8 Å². The quantitative estimate of drug-likeness (QED) is 0.713. The van der Waals surface area contributed by atoms with Crippen molar-refractivity contribution in [2.75, 3.05) is 18.4 Å². The summed E-state index contributed by atoms with van der Waals surface area (Å²) in [6.07, 6.45) is 7.42. The molecule has 0 aliphatic heterocycles. The van der Waals surface area contributed by atoms with E-state index in [2.05, 4.69) is 42.7 Å². The highest BCUT2D eigenvalue weighted by molar-refractivity contribution is 5.85. The minimum atomic E-state index is 0. The van der Waals surface area contributed by atoms with E-state index in [1.54, 1.807) is 11.1 Å². The van der Waals surface area contributed by atoms with Crippen LogP contribution < -0.4 is 10.6 Å². The molecule has 0 spiro atoms. The molecule has 0 heterocycles. The first kappa shape index (κ1) is 20.6. The Morgan fingerprint density at radius 3 is 2.62 bits per heavy atom. The Bertz CT molecular complexity index is 396. The number of anilines is 1. The van der Waals surface area contributed by atoms with Gasteiger partial charge in [0.05, 0.1) is 0 Å². The van der Waals surface area contributed by atoms with Crippen molar-refractivity contribution in [3.8, 4) is 0 Å². The van der Waals surface area contributed by atoms with Crippen molar-refractivity contribution in [2.24, 2.45) is 0 Å². The summed E-state index contributed by atoms with van der Waals surface area (Å²) in [5.74, 6) is 0. The topological polar surface area (TPSA) is 24.1 Å². The minimum absolute atomic E-state index is 0. The van der Waals surface area contributed by atoms with E-state index < -0.39 is 0 Å². The lowest BCUT2D eigenvalue weighted by molar-refractivity contribution is 0.459.